The third kappa shape index (κ3) is 2.68. The zero-order chi connectivity index (χ0) is 13.8. The molecule has 8 heteroatoms. The molecule has 0 saturated carbocycles. The van der Waals surface area contributed by atoms with Crippen LogP contribution in [0.4, 0.5) is 10.1 Å². The van der Waals surface area contributed by atoms with Gasteiger partial charge in [0.25, 0.3) is 5.91 Å². The van der Waals surface area contributed by atoms with Crippen LogP contribution in [0, 0.1) is 5.82 Å². The van der Waals surface area contributed by atoms with Crippen LogP contribution in [-0.4, -0.2) is 21.9 Å². The van der Waals surface area contributed by atoms with E-state index in [9.17, 15) is 9.18 Å². The number of carbonyl (C=O) groups excluding carboxylic acids is 1. The zero-order valence-electron chi connectivity index (χ0n) is 9.50. The predicted molar refractivity (Wildman–Crippen MR) is 69.0 cm³/mol. The van der Waals surface area contributed by atoms with Gasteiger partial charge in [0.2, 0.25) is 0 Å². The van der Waals surface area contributed by atoms with Crippen LogP contribution in [0.5, 0.6) is 0 Å². The lowest BCUT2D eigenvalue weighted by molar-refractivity contribution is 0.103. The van der Waals surface area contributed by atoms with Crippen LogP contribution in [0.3, 0.4) is 0 Å². The van der Waals surface area contributed by atoms with Crippen molar-refractivity contribution in [3.05, 3.63) is 46.2 Å². The van der Waals surface area contributed by atoms with Crippen molar-refractivity contribution in [2.45, 2.75) is 0 Å². The number of benzene rings is 1. The van der Waals surface area contributed by atoms with Crippen molar-refractivity contribution < 1.29 is 14.4 Å². The molecule has 98 valence electrons. The molecule has 0 radical (unpaired) electrons. The van der Waals surface area contributed by atoms with Crippen LogP contribution < -0.4 is 11.1 Å². The molecule has 1 aromatic carbocycles. The third-order valence-corrected chi connectivity index (χ3v) is 3.05. The highest BCUT2D eigenvalue weighted by atomic mass is 32.1. The number of carbonyl (C=O) groups is 1. The molecule has 0 bridgehead atoms. The van der Waals surface area contributed by atoms with E-state index in [1.165, 1.54) is 23.8 Å². The van der Waals surface area contributed by atoms with Crippen molar-refractivity contribution in [1.29, 1.82) is 0 Å². The number of amides is 1. The molecule has 0 spiro atoms. The van der Waals surface area contributed by atoms with E-state index in [1.54, 1.807) is 0 Å². The maximum Gasteiger partial charge on any atom is 0.267 e. The summed E-state index contributed by atoms with van der Waals surface area (Å²) in [4.78, 5) is 16.0. The lowest BCUT2D eigenvalue weighted by Crippen LogP contribution is -2.20. The van der Waals surface area contributed by atoms with Crippen LogP contribution in [-0.2, 0) is 0 Å². The number of aromatic nitrogens is 1. The van der Waals surface area contributed by atoms with Crippen LogP contribution >= 0.6 is 11.3 Å². The van der Waals surface area contributed by atoms with Gasteiger partial charge >= 0.3 is 0 Å². The van der Waals surface area contributed by atoms with Gasteiger partial charge in [-0.1, -0.05) is 11.2 Å². The molecule has 4 N–H and O–H groups in total. The SMILES string of the molecule is N/C(=N/O)c1c(F)cccc1NC(=O)c1cncs1. The molecule has 0 aliphatic rings. The molecule has 6 nitrogen and oxygen atoms in total. The number of amidine groups is 1. The molecule has 0 atom stereocenters. The molecule has 0 aliphatic heterocycles. The Bertz CT molecular complexity index is 628. The Hall–Kier alpha value is -2.48. The molecule has 2 rings (SSSR count). The highest BCUT2D eigenvalue weighted by molar-refractivity contribution is 7.11. The topological polar surface area (TPSA) is 101 Å². The summed E-state index contributed by atoms with van der Waals surface area (Å²) in [5, 5.41) is 13.9. The standard InChI is InChI=1S/C11H9FN4O2S/c12-6-2-1-3-7(9(6)10(13)16-18)15-11(17)8-4-14-5-19-8/h1-5,18H,(H2,13,16)(H,15,17). The van der Waals surface area contributed by atoms with Crippen molar-refractivity contribution in [2.75, 3.05) is 5.32 Å². The smallest absolute Gasteiger partial charge is 0.267 e. The number of thiazole rings is 1. The summed E-state index contributed by atoms with van der Waals surface area (Å²) in [7, 11) is 0. The normalized spacial score (nSPS) is 11.3. The van der Waals surface area contributed by atoms with Crippen molar-refractivity contribution in [3.63, 3.8) is 0 Å². The van der Waals surface area contributed by atoms with Crippen LogP contribution in [0.2, 0.25) is 0 Å². The second-order valence-electron chi connectivity index (χ2n) is 3.47. The Morgan fingerprint density at radius 2 is 2.32 bits per heavy atom. The van der Waals surface area contributed by atoms with Gasteiger partial charge in [-0.2, -0.15) is 0 Å². The monoisotopic (exact) mass is 280 g/mol. The number of halogens is 1. The molecule has 0 unspecified atom stereocenters. The number of nitrogens with one attached hydrogen (secondary N) is 1. The number of hydrogen-bond donors (Lipinski definition) is 3. The zero-order valence-corrected chi connectivity index (χ0v) is 10.3. The van der Waals surface area contributed by atoms with Gasteiger partial charge in [0.05, 0.1) is 23.0 Å². The minimum atomic E-state index is -0.697. The lowest BCUT2D eigenvalue weighted by atomic mass is 10.1. The number of nitrogens with zero attached hydrogens (tertiary/aromatic N) is 2. The molecular formula is C11H9FN4O2S. The van der Waals surface area contributed by atoms with Crippen LogP contribution in [0.15, 0.2) is 35.1 Å². The van der Waals surface area contributed by atoms with Crippen molar-refractivity contribution >= 4 is 28.8 Å². The summed E-state index contributed by atoms with van der Waals surface area (Å²) in [6.45, 7) is 0. The van der Waals surface area contributed by atoms with Gasteiger partial charge in [0.15, 0.2) is 5.84 Å². The van der Waals surface area contributed by atoms with E-state index < -0.39 is 17.6 Å². The molecule has 19 heavy (non-hydrogen) atoms. The lowest BCUT2D eigenvalue weighted by Gasteiger charge is -2.09. The molecule has 0 saturated heterocycles. The van der Waals surface area contributed by atoms with E-state index in [4.69, 9.17) is 10.9 Å². The van der Waals surface area contributed by atoms with Gasteiger partial charge in [-0.25, -0.2) is 4.39 Å². The fourth-order valence-corrected chi connectivity index (χ4v) is 1.97. The summed E-state index contributed by atoms with van der Waals surface area (Å²) in [6.07, 6.45) is 1.39. The first kappa shape index (κ1) is 13.0. The minimum Gasteiger partial charge on any atom is -0.409 e. The predicted octanol–water partition coefficient (Wildman–Crippen LogP) is 1.63. The molecule has 2 aromatic rings. The van der Waals surface area contributed by atoms with E-state index >= 15 is 0 Å². The summed E-state index contributed by atoms with van der Waals surface area (Å²) < 4.78 is 13.6. The van der Waals surface area contributed by atoms with Gasteiger partial charge < -0.3 is 16.3 Å². The average Bonchev–Trinajstić information content (AvgIpc) is 2.92. The quantitative estimate of drug-likeness (QED) is 0.344. The summed E-state index contributed by atoms with van der Waals surface area (Å²) >= 11 is 1.15. The van der Waals surface area contributed by atoms with Crippen LogP contribution in [0.25, 0.3) is 0 Å². The Labute approximate surface area is 111 Å². The van der Waals surface area contributed by atoms with Gasteiger partial charge in [0.1, 0.15) is 10.7 Å². The first-order valence-electron chi connectivity index (χ1n) is 5.09. The maximum atomic E-state index is 13.6. The number of nitrogens with two attached hydrogens (primary N) is 1. The number of anilines is 1. The van der Waals surface area contributed by atoms with E-state index in [1.807, 2.05) is 0 Å². The number of hydrogen-bond acceptors (Lipinski definition) is 5. The maximum absolute atomic E-state index is 13.6. The van der Waals surface area contributed by atoms with Gasteiger partial charge in [0, 0.05) is 0 Å². The number of rotatable bonds is 3. The highest BCUT2D eigenvalue weighted by Crippen LogP contribution is 2.20. The Balaban J connectivity index is 2.36. The first-order valence-corrected chi connectivity index (χ1v) is 5.97. The summed E-state index contributed by atoms with van der Waals surface area (Å²) in [5.74, 6) is -1.56. The Morgan fingerprint density at radius 3 is 2.95 bits per heavy atom. The molecule has 1 heterocycles. The Morgan fingerprint density at radius 1 is 1.53 bits per heavy atom. The second kappa shape index (κ2) is 5.44. The Kier molecular flexibility index (Phi) is 3.71. The van der Waals surface area contributed by atoms with Gasteiger partial charge in [-0.05, 0) is 12.1 Å². The van der Waals surface area contributed by atoms with E-state index in [0.29, 0.717) is 4.88 Å². The summed E-state index contributed by atoms with van der Waals surface area (Å²) in [6, 6.07) is 4.01. The highest BCUT2D eigenvalue weighted by Gasteiger charge is 2.16. The first-order chi connectivity index (χ1) is 9.13. The summed E-state index contributed by atoms with van der Waals surface area (Å²) in [5.41, 5.74) is 6.85. The molecule has 1 amide bonds. The van der Waals surface area contributed by atoms with E-state index in [2.05, 4.69) is 15.5 Å². The van der Waals surface area contributed by atoms with E-state index in [-0.39, 0.29) is 11.3 Å². The molecule has 1 aromatic heterocycles. The van der Waals surface area contributed by atoms with Crippen molar-refractivity contribution in [1.82, 2.24) is 4.98 Å². The van der Waals surface area contributed by atoms with Crippen LogP contribution in [0.1, 0.15) is 15.2 Å². The fourth-order valence-electron chi connectivity index (χ4n) is 1.45. The van der Waals surface area contributed by atoms with Crippen molar-refractivity contribution in [2.24, 2.45) is 10.9 Å². The molecular weight excluding hydrogens is 271 g/mol. The van der Waals surface area contributed by atoms with Crippen molar-refractivity contribution in [3.8, 4) is 0 Å². The van der Waals surface area contributed by atoms with Gasteiger partial charge in [-0.3, -0.25) is 9.78 Å². The van der Waals surface area contributed by atoms with Gasteiger partial charge in [-0.15, -0.1) is 11.3 Å². The minimum absolute atomic E-state index is 0.119. The molecule has 0 fully saturated rings. The number of oxime groups is 1. The average molecular weight is 280 g/mol. The third-order valence-electron chi connectivity index (χ3n) is 2.28. The fraction of sp³-hybridized carbons (Fsp3) is 0. The van der Waals surface area contributed by atoms with E-state index in [0.717, 1.165) is 17.4 Å². The largest absolute Gasteiger partial charge is 0.409 e. The second-order valence-corrected chi connectivity index (χ2v) is 4.35. The molecule has 0 aliphatic carbocycles.